The van der Waals surface area contributed by atoms with Gasteiger partial charge in [0, 0.05) is 37.8 Å². The molecule has 1 saturated carbocycles. The summed E-state index contributed by atoms with van der Waals surface area (Å²) in [5.41, 5.74) is 0.526. The number of amides is 4. The van der Waals surface area contributed by atoms with E-state index >= 15 is 0 Å². The van der Waals surface area contributed by atoms with Crippen molar-refractivity contribution >= 4 is 46.9 Å². The van der Waals surface area contributed by atoms with Crippen molar-refractivity contribution in [3.63, 3.8) is 0 Å². The fourth-order valence-corrected chi connectivity index (χ4v) is 6.44. The third kappa shape index (κ3) is 3.40. The van der Waals surface area contributed by atoms with Crippen molar-refractivity contribution in [1.82, 2.24) is 0 Å². The molecule has 2 saturated heterocycles. The van der Waals surface area contributed by atoms with E-state index < -0.39 is 71.1 Å². The highest BCUT2D eigenvalue weighted by Crippen LogP contribution is 2.58. The Bertz CT molecular complexity index is 1330. The average Bonchev–Trinajstić information content (AvgIpc) is 3.30. The fourth-order valence-electron chi connectivity index (χ4n) is 6.44. The van der Waals surface area contributed by atoms with E-state index in [1.165, 1.54) is 26.0 Å². The maximum atomic E-state index is 13.7. The number of carbonyl (C=O) groups excluding carboxylic acids is 6. The molecule has 7 rings (SSSR count). The number of hydrogen-bond donors (Lipinski definition) is 0. The number of esters is 2. The molecule has 2 aliphatic heterocycles. The lowest BCUT2D eigenvalue weighted by atomic mass is 9.54. The summed E-state index contributed by atoms with van der Waals surface area (Å²) < 4.78 is 10.2. The molecule has 192 valence electrons. The summed E-state index contributed by atoms with van der Waals surface area (Å²) in [6.07, 6.45) is 3.56. The molecule has 3 fully saturated rings. The smallest absolute Gasteiger partial charge is 0.308 e. The van der Waals surface area contributed by atoms with Crippen LogP contribution in [0.3, 0.4) is 0 Å². The van der Waals surface area contributed by atoms with Crippen molar-refractivity contribution in [2.24, 2.45) is 35.5 Å². The van der Waals surface area contributed by atoms with Gasteiger partial charge in [-0.05, 0) is 24.3 Å². The van der Waals surface area contributed by atoms with Crippen LogP contribution in [0.4, 0.5) is 11.4 Å². The van der Waals surface area contributed by atoms with Crippen LogP contribution in [0, 0.1) is 35.5 Å². The molecule has 0 spiro atoms. The van der Waals surface area contributed by atoms with Crippen molar-refractivity contribution in [2.45, 2.75) is 13.8 Å². The Labute approximate surface area is 216 Å². The number of allylic oxidation sites excluding steroid dienone is 2. The zero-order valence-electron chi connectivity index (χ0n) is 20.4. The molecule has 2 aromatic rings. The second-order valence-corrected chi connectivity index (χ2v) is 9.85. The lowest BCUT2D eigenvalue weighted by molar-refractivity contribution is -0.137. The number of ether oxygens (including phenoxy) is 2. The predicted molar refractivity (Wildman–Crippen MR) is 131 cm³/mol. The highest BCUT2D eigenvalue weighted by molar-refractivity contribution is 6.26. The molecule has 0 radical (unpaired) electrons. The van der Waals surface area contributed by atoms with Crippen LogP contribution in [0.15, 0.2) is 60.7 Å². The van der Waals surface area contributed by atoms with E-state index in [0.29, 0.717) is 0 Å². The number of carbonyl (C=O) groups is 6. The Morgan fingerprint density at radius 3 is 1.26 bits per heavy atom. The van der Waals surface area contributed by atoms with Crippen LogP contribution in [0.5, 0.6) is 11.5 Å². The van der Waals surface area contributed by atoms with E-state index in [2.05, 4.69) is 0 Å². The van der Waals surface area contributed by atoms with Gasteiger partial charge in [-0.1, -0.05) is 24.3 Å². The van der Waals surface area contributed by atoms with Crippen molar-refractivity contribution in [1.29, 1.82) is 0 Å². The van der Waals surface area contributed by atoms with Gasteiger partial charge in [-0.2, -0.15) is 0 Å². The normalized spacial score (nSPS) is 29.0. The zero-order chi connectivity index (χ0) is 26.9. The Balaban J connectivity index is 1.34. The topological polar surface area (TPSA) is 127 Å². The van der Waals surface area contributed by atoms with E-state index in [4.69, 9.17) is 9.47 Å². The highest BCUT2D eigenvalue weighted by atomic mass is 16.5. The number of nitrogens with zero attached hydrogens (tertiary/aromatic N) is 2. The Morgan fingerprint density at radius 2 is 0.947 bits per heavy atom. The van der Waals surface area contributed by atoms with Crippen LogP contribution in [-0.2, 0) is 28.8 Å². The van der Waals surface area contributed by atoms with E-state index in [1.807, 2.05) is 0 Å². The minimum absolute atomic E-state index is 0.195. The monoisotopic (exact) mass is 514 g/mol. The molecule has 0 N–H and O–H groups in total. The molecule has 5 aliphatic rings. The molecule has 2 aromatic carbocycles. The minimum Gasteiger partial charge on any atom is -0.427 e. The summed E-state index contributed by atoms with van der Waals surface area (Å²) in [4.78, 5) is 79.5. The highest BCUT2D eigenvalue weighted by Gasteiger charge is 2.68. The van der Waals surface area contributed by atoms with Gasteiger partial charge in [-0.3, -0.25) is 28.8 Å². The molecule has 0 aromatic heterocycles. The quantitative estimate of drug-likeness (QED) is 0.263. The number of benzene rings is 2. The van der Waals surface area contributed by atoms with E-state index in [9.17, 15) is 28.8 Å². The minimum atomic E-state index is -0.791. The molecule has 2 bridgehead atoms. The van der Waals surface area contributed by atoms with Gasteiger partial charge in [0.15, 0.2) is 0 Å². The van der Waals surface area contributed by atoms with E-state index in [0.717, 1.165) is 9.80 Å². The largest absolute Gasteiger partial charge is 0.427 e. The van der Waals surface area contributed by atoms with Gasteiger partial charge >= 0.3 is 11.9 Å². The molecule has 10 heteroatoms. The van der Waals surface area contributed by atoms with Gasteiger partial charge in [-0.25, -0.2) is 9.80 Å². The van der Waals surface area contributed by atoms with Gasteiger partial charge in [0.25, 0.3) is 0 Å². The van der Waals surface area contributed by atoms with Crippen molar-refractivity contribution < 1.29 is 38.2 Å². The summed E-state index contributed by atoms with van der Waals surface area (Å²) in [6, 6.07) is 12.3. The second-order valence-electron chi connectivity index (χ2n) is 9.85. The third-order valence-electron chi connectivity index (χ3n) is 7.68. The SMILES string of the molecule is CC(=O)Oc1cccc(N2C(=O)C3C4C=CC(C3C2=O)C2C(=O)N(c3cccc(OC(C)=O)c3)C(=O)C42)c1. The summed E-state index contributed by atoms with van der Waals surface area (Å²) >= 11 is 0. The van der Waals surface area contributed by atoms with Gasteiger partial charge < -0.3 is 9.47 Å². The first-order valence-corrected chi connectivity index (χ1v) is 12.2. The molecule has 38 heavy (non-hydrogen) atoms. The first-order chi connectivity index (χ1) is 18.2. The van der Waals surface area contributed by atoms with Gasteiger partial charge in [-0.15, -0.1) is 0 Å². The molecule has 4 amide bonds. The third-order valence-corrected chi connectivity index (χ3v) is 7.68. The van der Waals surface area contributed by atoms with E-state index in [-0.39, 0.29) is 22.9 Å². The maximum Gasteiger partial charge on any atom is 0.308 e. The number of anilines is 2. The summed E-state index contributed by atoms with van der Waals surface area (Å²) in [5, 5.41) is 0. The fraction of sp³-hybridized carbons (Fsp3) is 0.286. The summed E-state index contributed by atoms with van der Waals surface area (Å²) in [6.45, 7) is 2.50. The van der Waals surface area contributed by atoms with Crippen molar-refractivity contribution in [3.05, 3.63) is 60.7 Å². The first-order valence-electron chi connectivity index (χ1n) is 12.2. The lowest BCUT2D eigenvalue weighted by Gasteiger charge is -2.44. The maximum absolute atomic E-state index is 13.7. The van der Waals surface area contributed by atoms with E-state index in [1.54, 1.807) is 48.6 Å². The predicted octanol–water partition coefficient (Wildman–Crippen LogP) is 2.26. The first kappa shape index (κ1) is 23.8. The summed E-state index contributed by atoms with van der Waals surface area (Å²) in [5.74, 6) is -6.92. The molecule has 3 aliphatic carbocycles. The number of rotatable bonds is 4. The second kappa shape index (κ2) is 8.47. The molecule has 2 heterocycles. The Kier molecular flexibility index (Phi) is 5.30. The molecule has 4 unspecified atom stereocenters. The molecular formula is C28H22N2O8. The van der Waals surface area contributed by atoms with Crippen LogP contribution in [0.2, 0.25) is 0 Å². The number of hydrogen-bond acceptors (Lipinski definition) is 8. The van der Waals surface area contributed by atoms with Crippen LogP contribution in [-0.4, -0.2) is 35.6 Å². The van der Waals surface area contributed by atoms with Crippen LogP contribution >= 0.6 is 0 Å². The van der Waals surface area contributed by atoms with Crippen LogP contribution < -0.4 is 19.3 Å². The van der Waals surface area contributed by atoms with Crippen molar-refractivity contribution in [3.8, 4) is 11.5 Å². The zero-order valence-corrected chi connectivity index (χ0v) is 20.4. The molecule has 10 nitrogen and oxygen atoms in total. The van der Waals surface area contributed by atoms with Gasteiger partial charge in [0.2, 0.25) is 23.6 Å². The van der Waals surface area contributed by atoms with Crippen LogP contribution in [0.25, 0.3) is 0 Å². The van der Waals surface area contributed by atoms with Crippen LogP contribution in [0.1, 0.15) is 13.8 Å². The lowest BCUT2D eigenvalue weighted by Crippen LogP contribution is -2.50. The molecular weight excluding hydrogens is 492 g/mol. The summed E-state index contributed by atoms with van der Waals surface area (Å²) in [7, 11) is 0. The number of imide groups is 2. The average molecular weight is 514 g/mol. The van der Waals surface area contributed by atoms with Gasteiger partial charge in [0.05, 0.1) is 35.0 Å². The van der Waals surface area contributed by atoms with Crippen molar-refractivity contribution in [2.75, 3.05) is 9.80 Å². The standard InChI is InChI=1S/C28H22N2O8/c1-13(31)37-17-7-3-5-15(11-17)29-25(33)21-19-9-10-20(22(21)26(29)34)24-23(19)27(35)30(28(24)36)16-6-4-8-18(12-16)38-14(2)32/h3-12,19-24H,1-2H3. The van der Waals surface area contributed by atoms with Gasteiger partial charge in [0.1, 0.15) is 11.5 Å². The molecule has 4 atom stereocenters. The Hall–Kier alpha value is -4.60. The Morgan fingerprint density at radius 1 is 0.605 bits per heavy atom.